The molecule has 0 fully saturated rings. The molecule has 5 rings (SSSR count). The van der Waals surface area contributed by atoms with E-state index in [0.29, 0.717) is 54.3 Å². The van der Waals surface area contributed by atoms with Crippen LogP contribution in [-0.2, 0) is 11.3 Å². The smallest absolute Gasteiger partial charge is 0.208 e. The van der Waals surface area contributed by atoms with Crippen molar-refractivity contribution in [2.75, 3.05) is 41.7 Å². The summed E-state index contributed by atoms with van der Waals surface area (Å²) in [5.41, 5.74) is 1.51. The monoisotopic (exact) mass is 596 g/mol. The average Bonchev–Trinajstić information content (AvgIpc) is 3.33. The van der Waals surface area contributed by atoms with E-state index < -0.39 is 5.82 Å². The zero-order chi connectivity index (χ0) is 30.3. The molecule has 230 valence electrons. The van der Waals surface area contributed by atoms with Gasteiger partial charge in [0.2, 0.25) is 12.0 Å². The number of benzene rings is 2. The highest BCUT2D eigenvalue weighted by atomic mass is 19.1. The molecule has 0 saturated carbocycles. The largest absolute Gasteiger partial charge is 0.618 e. The fourth-order valence-electron chi connectivity index (χ4n) is 5.46. The van der Waals surface area contributed by atoms with Crippen LogP contribution in [0.2, 0.25) is 0 Å². The van der Waals surface area contributed by atoms with Crippen LogP contribution >= 0.6 is 0 Å². The highest BCUT2D eigenvalue weighted by molar-refractivity contribution is 5.78. The van der Waals surface area contributed by atoms with Crippen LogP contribution in [0.3, 0.4) is 0 Å². The Morgan fingerprint density at radius 1 is 0.884 bits per heavy atom. The molecule has 11 heteroatoms. The minimum Gasteiger partial charge on any atom is -0.618 e. The van der Waals surface area contributed by atoms with E-state index in [-0.39, 0.29) is 17.8 Å². The van der Waals surface area contributed by atoms with Gasteiger partial charge in [-0.25, -0.2) is 4.39 Å². The SMILES string of the molecule is COc1cc(Oc2cc(OCCCCOC3CCC=C4[C@@H]3Cn3ccc(OC)c3C=[N+]4[O-])ccc2F)cc(OC)c1OC. The van der Waals surface area contributed by atoms with Crippen molar-refractivity contribution in [2.24, 2.45) is 5.92 Å². The van der Waals surface area contributed by atoms with Gasteiger partial charge in [-0.1, -0.05) is 0 Å². The number of aromatic nitrogens is 1. The summed E-state index contributed by atoms with van der Waals surface area (Å²) in [4.78, 5) is 0. The maximum atomic E-state index is 14.6. The highest BCUT2D eigenvalue weighted by Gasteiger charge is 2.37. The van der Waals surface area contributed by atoms with E-state index in [0.717, 1.165) is 41.8 Å². The second-order valence-electron chi connectivity index (χ2n) is 10.2. The third kappa shape index (κ3) is 6.67. The van der Waals surface area contributed by atoms with Gasteiger partial charge in [0.1, 0.15) is 22.9 Å². The van der Waals surface area contributed by atoms with Gasteiger partial charge in [0.15, 0.2) is 28.8 Å². The summed E-state index contributed by atoms with van der Waals surface area (Å²) in [6.07, 6.45) is 8.65. The molecule has 0 spiro atoms. The van der Waals surface area contributed by atoms with Gasteiger partial charge in [-0.05, 0) is 50.0 Å². The molecule has 1 unspecified atom stereocenters. The number of hydroxylamine groups is 1. The van der Waals surface area contributed by atoms with Gasteiger partial charge in [0.25, 0.3) is 0 Å². The van der Waals surface area contributed by atoms with Crippen LogP contribution in [0.4, 0.5) is 4.39 Å². The van der Waals surface area contributed by atoms with Crippen LogP contribution in [0.15, 0.2) is 54.4 Å². The lowest BCUT2D eigenvalue weighted by molar-refractivity contribution is -0.409. The minimum absolute atomic E-state index is 0.00722. The van der Waals surface area contributed by atoms with E-state index in [1.807, 2.05) is 22.9 Å². The number of hydrogen-bond acceptors (Lipinski definition) is 8. The molecule has 0 amide bonds. The van der Waals surface area contributed by atoms with E-state index in [4.69, 9.17) is 33.2 Å². The first-order valence-electron chi connectivity index (χ1n) is 14.2. The summed E-state index contributed by atoms with van der Waals surface area (Å²) in [7, 11) is 6.10. The Morgan fingerprint density at radius 2 is 1.60 bits per heavy atom. The van der Waals surface area contributed by atoms with Crippen molar-refractivity contribution in [1.29, 1.82) is 0 Å². The molecular formula is C32H37FN2O8. The number of allylic oxidation sites excluding steroid dienone is 1. The molecule has 2 aliphatic rings. The van der Waals surface area contributed by atoms with Crippen LogP contribution in [0.1, 0.15) is 31.4 Å². The number of fused-ring (bicyclic) bond motifs is 2. The van der Waals surface area contributed by atoms with E-state index in [1.165, 1.54) is 33.5 Å². The van der Waals surface area contributed by atoms with Crippen LogP contribution in [0.5, 0.6) is 40.2 Å². The first kappa shape index (κ1) is 30.1. The van der Waals surface area contributed by atoms with Crippen molar-refractivity contribution < 1.29 is 42.3 Å². The Kier molecular flexibility index (Phi) is 9.61. The van der Waals surface area contributed by atoms with Crippen LogP contribution in [0, 0.1) is 16.9 Å². The van der Waals surface area contributed by atoms with Crippen LogP contribution in [0.25, 0.3) is 0 Å². The molecule has 43 heavy (non-hydrogen) atoms. The molecule has 10 nitrogen and oxygen atoms in total. The molecule has 0 N–H and O–H groups in total. The fraction of sp³-hybridized carbons (Fsp3) is 0.406. The molecule has 0 radical (unpaired) electrons. The van der Waals surface area contributed by atoms with Gasteiger partial charge < -0.3 is 42.9 Å². The number of unbranched alkanes of at least 4 members (excludes halogenated alkanes) is 1. The second kappa shape index (κ2) is 13.7. The Bertz CT molecular complexity index is 1460. The van der Waals surface area contributed by atoms with Crippen molar-refractivity contribution in [3.63, 3.8) is 0 Å². The predicted molar refractivity (Wildman–Crippen MR) is 158 cm³/mol. The summed E-state index contributed by atoms with van der Waals surface area (Å²) in [6.45, 7) is 1.62. The lowest BCUT2D eigenvalue weighted by Gasteiger charge is -2.29. The Labute approximate surface area is 250 Å². The first-order valence-corrected chi connectivity index (χ1v) is 14.2. The maximum Gasteiger partial charge on any atom is 0.208 e. The molecule has 2 aromatic carbocycles. The number of hydrogen-bond donors (Lipinski definition) is 0. The third-order valence-corrected chi connectivity index (χ3v) is 7.62. The number of methoxy groups -OCH3 is 4. The molecule has 0 saturated heterocycles. The lowest BCUT2D eigenvalue weighted by Crippen LogP contribution is -2.34. The summed E-state index contributed by atoms with van der Waals surface area (Å²) in [5, 5.41) is 12.9. The van der Waals surface area contributed by atoms with Crippen molar-refractivity contribution >= 4 is 6.21 Å². The van der Waals surface area contributed by atoms with Crippen molar-refractivity contribution in [3.05, 3.63) is 71.1 Å². The maximum absolute atomic E-state index is 14.6. The van der Waals surface area contributed by atoms with Crippen molar-refractivity contribution in [3.8, 4) is 40.2 Å². The van der Waals surface area contributed by atoms with Gasteiger partial charge in [-0.2, -0.15) is 4.74 Å². The summed E-state index contributed by atoms with van der Waals surface area (Å²) in [5.74, 6) is 2.11. The van der Waals surface area contributed by atoms with E-state index >= 15 is 0 Å². The molecule has 0 bridgehead atoms. The highest BCUT2D eigenvalue weighted by Crippen LogP contribution is 2.42. The minimum atomic E-state index is -0.534. The van der Waals surface area contributed by atoms with Gasteiger partial charge in [-0.3, -0.25) is 0 Å². The molecular weight excluding hydrogens is 559 g/mol. The van der Waals surface area contributed by atoms with Crippen molar-refractivity contribution in [1.82, 2.24) is 4.57 Å². The number of halogens is 1. The zero-order valence-corrected chi connectivity index (χ0v) is 24.8. The third-order valence-electron chi connectivity index (χ3n) is 7.62. The first-order chi connectivity index (χ1) is 20.9. The predicted octanol–water partition coefficient (Wildman–Crippen LogP) is 5.94. The Morgan fingerprint density at radius 3 is 2.33 bits per heavy atom. The topological polar surface area (TPSA) is 95.6 Å². The zero-order valence-electron chi connectivity index (χ0n) is 24.8. The normalized spacial score (nSPS) is 17.5. The lowest BCUT2D eigenvalue weighted by atomic mass is 9.89. The fourth-order valence-corrected chi connectivity index (χ4v) is 5.46. The van der Waals surface area contributed by atoms with E-state index in [1.54, 1.807) is 31.5 Å². The molecule has 1 aromatic heterocycles. The quantitative estimate of drug-likeness (QED) is 0.136. The Balaban J connectivity index is 1.12. The van der Waals surface area contributed by atoms with Gasteiger partial charge in [0, 0.05) is 37.5 Å². The van der Waals surface area contributed by atoms with Crippen LogP contribution < -0.4 is 28.4 Å². The summed E-state index contributed by atoms with van der Waals surface area (Å²) in [6, 6.07) is 9.43. The molecule has 1 aliphatic heterocycles. The number of nitrogens with zero attached hydrogens (tertiary/aromatic N) is 2. The second-order valence-corrected chi connectivity index (χ2v) is 10.2. The average molecular weight is 597 g/mol. The number of ether oxygens (including phenoxy) is 7. The molecule has 1 aliphatic carbocycles. The van der Waals surface area contributed by atoms with E-state index in [2.05, 4.69) is 0 Å². The standard InChI is InChI=1S/C32H37FN2O8/c1-37-28-12-13-34-19-23-25(35(36)20-26(28)34)8-7-9-27(23)42-15-6-5-14-41-21-10-11-24(33)29(16-21)43-22-17-30(38-2)32(40-4)31(18-22)39-3/h8,10-13,16-18,20,23,27H,5-7,9,14-15,19H2,1-4H3/t23-,27?/m0/s1. The summed E-state index contributed by atoms with van der Waals surface area (Å²) < 4.78 is 57.0. The van der Waals surface area contributed by atoms with Crippen LogP contribution in [-0.4, -0.2) is 63.3 Å². The van der Waals surface area contributed by atoms with Gasteiger partial charge in [-0.15, -0.1) is 0 Å². The molecule has 2 atom stereocenters. The molecule has 2 heterocycles. The number of rotatable bonds is 13. The van der Waals surface area contributed by atoms with Gasteiger partial charge >= 0.3 is 0 Å². The van der Waals surface area contributed by atoms with Gasteiger partial charge in [0.05, 0.1) is 47.1 Å². The van der Waals surface area contributed by atoms with Crippen molar-refractivity contribution in [2.45, 2.75) is 38.3 Å². The molecule has 3 aromatic rings. The Hall–Kier alpha value is -4.38. The summed E-state index contributed by atoms with van der Waals surface area (Å²) >= 11 is 0. The van der Waals surface area contributed by atoms with E-state index in [9.17, 15) is 9.60 Å².